The third-order valence-corrected chi connectivity index (χ3v) is 5.28. The molecule has 0 amide bonds. The monoisotopic (exact) mass is 233 g/mol. The van der Waals surface area contributed by atoms with Gasteiger partial charge in [0.1, 0.15) is 0 Å². The summed E-state index contributed by atoms with van der Waals surface area (Å²) in [4.78, 5) is 0. The first kappa shape index (κ1) is 13.0. The SMILES string of the molecule is CC(C)C[C@H](C)S(=O)(=O)N1CCCCC1. The Bertz CT molecular complexity index is 279. The summed E-state index contributed by atoms with van der Waals surface area (Å²) in [5, 5.41) is -0.226. The molecule has 1 fully saturated rings. The quantitative estimate of drug-likeness (QED) is 0.747. The highest BCUT2D eigenvalue weighted by Crippen LogP contribution is 2.20. The average Bonchev–Trinajstić information content (AvgIpc) is 2.18. The molecule has 0 N–H and O–H groups in total. The van der Waals surface area contributed by atoms with Gasteiger partial charge in [-0.3, -0.25) is 0 Å². The minimum atomic E-state index is -3.02. The summed E-state index contributed by atoms with van der Waals surface area (Å²) in [6, 6.07) is 0. The molecule has 4 heteroatoms. The second kappa shape index (κ2) is 5.30. The zero-order valence-electron chi connectivity index (χ0n) is 10.1. The van der Waals surface area contributed by atoms with E-state index in [2.05, 4.69) is 13.8 Å². The molecule has 0 spiro atoms. The van der Waals surface area contributed by atoms with Crippen LogP contribution in [0.15, 0.2) is 0 Å². The van der Waals surface area contributed by atoms with Crippen LogP contribution in [0.5, 0.6) is 0 Å². The molecule has 0 bridgehead atoms. The van der Waals surface area contributed by atoms with Gasteiger partial charge in [-0.15, -0.1) is 0 Å². The number of hydrogen-bond acceptors (Lipinski definition) is 2. The minimum Gasteiger partial charge on any atom is -0.212 e. The number of hydrogen-bond donors (Lipinski definition) is 0. The second-order valence-corrected chi connectivity index (χ2v) is 7.30. The van der Waals surface area contributed by atoms with Gasteiger partial charge < -0.3 is 0 Å². The number of sulfonamides is 1. The Morgan fingerprint density at radius 3 is 2.07 bits per heavy atom. The fourth-order valence-corrected chi connectivity index (χ4v) is 4.06. The van der Waals surface area contributed by atoms with E-state index < -0.39 is 10.0 Å². The third-order valence-electron chi connectivity index (χ3n) is 2.99. The lowest BCUT2D eigenvalue weighted by Gasteiger charge is -2.29. The molecule has 1 aliphatic heterocycles. The molecule has 0 saturated carbocycles. The van der Waals surface area contributed by atoms with Gasteiger partial charge in [0, 0.05) is 13.1 Å². The first-order valence-electron chi connectivity index (χ1n) is 5.93. The van der Waals surface area contributed by atoms with Crippen molar-refractivity contribution in [2.45, 2.75) is 51.7 Å². The van der Waals surface area contributed by atoms with Crippen LogP contribution in [0.2, 0.25) is 0 Å². The first-order chi connectivity index (χ1) is 6.94. The van der Waals surface area contributed by atoms with Gasteiger partial charge in [0.15, 0.2) is 0 Å². The van der Waals surface area contributed by atoms with E-state index in [9.17, 15) is 8.42 Å². The zero-order chi connectivity index (χ0) is 11.5. The summed E-state index contributed by atoms with van der Waals surface area (Å²) in [5.74, 6) is 0.444. The molecule has 0 unspecified atom stereocenters. The standard InChI is InChI=1S/C11H23NO2S/c1-10(2)9-11(3)15(13,14)12-7-5-4-6-8-12/h10-11H,4-9H2,1-3H3/t11-/m0/s1. The van der Waals surface area contributed by atoms with E-state index in [1.54, 1.807) is 4.31 Å². The van der Waals surface area contributed by atoms with Gasteiger partial charge in [0.25, 0.3) is 0 Å². The average molecular weight is 233 g/mol. The van der Waals surface area contributed by atoms with E-state index >= 15 is 0 Å². The van der Waals surface area contributed by atoms with Gasteiger partial charge in [-0.2, -0.15) is 0 Å². The number of nitrogens with zero attached hydrogens (tertiary/aromatic N) is 1. The summed E-state index contributed by atoms with van der Waals surface area (Å²) in [5.41, 5.74) is 0. The maximum Gasteiger partial charge on any atom is 0.216 e. The Labute approximate surface area is 93.9 Å². The van der Waals surface area contributed by atoms with Crippen LogP contribution in [0.25, 0.3) is 0 Å². The van der Waals surface area contributed by atoms with Crippen LogP contribution in [0.4, 0.5) is 0 Å². The van der Waals surface area contributed by atoms with Gasteiger partial charge in [-0.25, -0.2) is 12.7 Å². The Hall–Kier alpha value is -0.0900. The molecule has 0 aromatic rings. The van der Waals surface area contributed by atoms with Crippen LogP contribution >= 0.6 is 0 Å². The van der Waals surface area contributed by atoms with Gasteiger partial charge in [0.05, 0.1) is 5.25 Å². The fraction of sp³-hybridized carbons (Fsp3) is 1.00. The smallest absolute Gasteiger partial charge is 0.212 e. The molecule has 90 valence electrons. The van der Waals surface area contributed by atoms with Crippen LogP contribution < -0.4 is 0 Å². The maximum absolute atomic E-state index is 12.1. The Morgan fingerprint density at radius 2 is 1.60 bits per heavy atom. The van der Waals surface area contributed by atoms with E-state index in [1.807, 2.05) is 6.92 Å². The molecule has 0 aromatic heterocycles. The highest BCUT2D eigenvalue weighted by Gasteiger charge is 2.29. The van der Waals surface area contributed by atoms with Crippen molar-refractivity contribution in [1.29, 1.82) is 0 Å². The number of rotatable bonds is 4. The normalized spacial score (nSPS) is 21.9. The third kappa shape index (κ3) is 3.45. The highest BCUT2D eigenvalue weighted by atomic mass is 32.2. The molecular formula is C11H23NO2S. The molecular weight excluding hydrogens is 210 g/mol. The van der Waals surface area contributed by atoms with Crippen LogP contribution in [0.3, 0.4) is 0 Å². The van der Waals surface area contributed by atoms with Crippen molar-refractivity contribution < 1.29 is 8.42 Å². The van der Waals surface area contributed by atoms with Crippen LogP contribution in [0, 0.1) is 5.92 Å². The van der Waals surface area contributed by atoms with Crippen molar-refractivity contribution in [3.8, 4) is 0 Å². The van der Waals surface area contributed by atoms with Gasteiger partial charge >= 0.3 is 0 Å². The van der Waals surface area contributed by atoms with Crippen molar-refractivity contribution in [1.82, 2.24) is 4.31 Å². The van der Waals surface area contributed by atoms with Gasteiger partial charge in [-0.1, -0.05) is 20.3 Å². The van der Waals surface area contributed by atoms with Gasteiger partial charge in [0.2, 0.25) is 10.0 Å². The largest absolute Gasteiger partial charge is 0.216 e. The second-order valence-electron chi connectivity index (χ2n) is 4.94. The molecule has 0 aromatic carbocycles. The Morgan fingerprint density at radius 1 is 1.07 bits per heavy atom. The summed E-state index contributed by atoms with van der Waals surface area (Å²) in [6.07, 6.45) is 3.98. The van der Waals surface area contributed by atoms with Crippen LogP contribution in [-0.4, -0.2) is 31.1 Å². The maximum atomic E-state index is 12.1. The predicted octanol–water partition coefficient (Wildman–Crippen LogP) is 2.24. The van der Waals surface area contributed by atoms with E-state index in [0.717, 1.165) is 32.4 Å². The lowest BCUT2D eigenvalue weighted by Crippen LogP contribution is -2.41. The topological polar surface area (TPSA) is 37.4 Å². The summed E-state index contributed by atoms with van der Waals surface area (Å²) in [7, 11) is -3.02. The molecule has 0 radical (unpaired) electrons. The molecule has 15 heavy (non-hydrogen) atoms. The molecule has 1 atom stereocenters. The van der Waals surface area contributed by atoms with Crippen molar-refractivity contribution >= 4 is 10.0 Å². The predicted molar refractivity (Wildman–Crippen MR) is 63.3 cm³/mol. The summed E-state index contributed by atoms with van der Waals surface area (Å²) < 4.78 is 26.0. The highest BCUT2D eigenvalue weighted by molar-refractivity contribution is 7.89. The van der Waals surface area contributed by atoms with Crippen molar-refractivity contribution in [3.05, 3.63) is 0 Å². The van der Waals surface area contributed by atoms with E-state index in [4.69, 9.17) is 0 Å². The Balaban J connectivity index is 2.63. The number of piperidine rings is 1. The van der Waals surface area contributed by atoms with Crippen molar-refractivity contribution in [2.24, 2.45) is 5.92 Å². The van der Waals surface area contributed by atoms with E-state index in [1.165, 1.54) is 6.42 Å². The van der Waals surface area contributed by atoms with Crippen molar-refractivity contribution in [2.75, 3.05) is 13.1 Å². The first-order valence-corrected chi connectivity index (χ1v) is 7.44. The van der Waals surface area contributed by atoms with Crippen LogP contribution in [-0.2, 0) is 10.0 Å². The molecule has 1 heterocycles. The lowest BCUT2D eigenvalue weighted by molar-refractivity contribution is 0.340. The van der Waals surface area contributed by atoms with E-state index in [0.29, 0.717) is 5.92 Å². The zero-order valence-corrected chi connectivity index (χ0v) is 10.9. The van der Waals surface area contributed by atoms with E-state index in [-0.39, 0.29) is 5.25 Å². The fourth-order valence-electron chi connectivity index (χ4n) is 2.16. The molecule has 3 nitrogen and oxygen atoms in total. The minimum absolute atomic E-state index is 0.226. The molecule has 1 aliphatic rings. The summed E-state index contributed by atoms with van der Waals surface area (Å²) in [6.45, 7) is 7.43. The van der Waals surface area contributed by atoms with Crippen LogP contribution in [0.1, 0.15) is 46.5 Å². The summed E-state index contributed by atoms with van der Waals surface area (Å²) >= 11 is 0. The molecule has 0 aliphatic carbocycles. The lowest BCUT2D eigenvalue weighted by atomic mass is 10.1. The van der Waals surface area contributed by atoms with Crippen molar-refractivity contribution in [3.63, 3.8) is 0 Å². The Kier molecular flexibility index (Phi) is 4.59. The van der Waals surface area contributed by atoms with Gasteiger partial charge in [-0.05, 0) is 32.1 Å². The molecule has 1 rings (SSSR count). The molecule has 1 saturated heterocycles.